The largest absolute Gasteiger partial charge is 0.352 e. The summed E-state index contributed by atoms with van der Waals surface area (Å²) in [5.41, 5.74) is 8.62. The predicted octanol–water partition coefficient (Wildman–Crippen LogP) is 11.4. The summed E-state index contributed by atoms with van der Waals surface area (Å²) in [6.07, 6.45) is 15.6. The van der Waals surface area contributed by atoms with Crippen molar-refractivity contribution in [2.45, 2.75) is 126 Å². The summed E-state index contributed by atoms with van der Waals surface area (Å²) in [5.74, 6) is 1.28. The molecule has 0 saturated carbocycles. The van der Waals surface area contributed by atoms with Crippen molar-refractivity contribution >= 4 is 28.9 Å². The minimum atomic E-state index is -0.273. The second kappa shape index (κ2) is 20.2. The Hall–Kier alpha value is -3.41. The van der Waals surface area contributed by atoms with Gasteiger partial charge >= 0.3 is 0 Å². The van der Waals surface area contributed by atoms with Crippen LogP contribution in [0.1, 0.15) is 145 Å². The molecule has 6 nitrogen and oxygen atoms in total. The number of allylic oxidation sites excluding steroid dienone is 5. The van der Waals surface area contributed by atoms with Gasteiger partial charge in [-0.1, -0.05) is 133 Å². The van der Waals surface area contributed by atoms with Gasteiger partial charge in [-0.05, 0) is 79.9 Å². The first-order valence-corrected chi connectivity index (χ1v) is 18.5. The average molecular weight is 677 g/mol. The second-order valence-corrected chi connectivity index (χ2v) is 15.1. The third-order valence-electron chi connectivity index (χ3n) is 9.09. The molecule has 0 radical (unpaired) electrons. The highest BCUT2D eigenvalue weighted by atomic mass is 32.2. The number of ketones is 1. The van der Waals surface area contributed by atoms with Gasteiger partial charge in [0, 0.05) is 25.3 Å². The van der Waals surface area contributed by atoms with Crippen LogP contribution in [0.3, 0.4) is 0 Å². The van der Waals surface area contributed by atoms with E-state index in [1.165, 1.54) is 34.5 Å². The Balaban J connectivity index is 0.000000973. The van der Waals surface area contributed by atoms with E-state index in [0.717, 1.165) is 43.4 Å². The van der Waals surface area contributed by atoms with Crippen molar-refractivity contribution in [1.29, 1.82) is 0 Å². The Morgan fingerprint density at radius 3 is 2.23 bits per heavy atom. The number of aromatic nitrogens is 3. The zero-order valence-electron chi connectivity index (χ0n) is 31.2. The molecule has 7 heteroatoms. The third kappa shape index (κ3) is 11.9. The molecule has 1 heterocycles. The first-order chi connectivity index (χ1) is 22.8. The van der Waals surface area contributed by atoms with Crippen LogP contribution < -0.4 is 5.32 Å². The van der Waals surface area contributed by atoms with Crippen molar-refractivity contribution in [3.05, 3.63) is 94.4 Å². The molecule has 0 bridgehead atoms. The zero-order chi connectivity index (χ0) is 35.9. The van der Waals surface area contributed by atoms with Crippen LogP contribution >= 0.6 is 11.8 Å². The van der Waals surface area contributed by atoms with Crippen molar-refractivity contribution in [1.82, 2.24) is 20.3 Å². The number of hydrogen-bond acceptors (Lipinski definition) is 5. The average Bonchev–Trinajstić information content (AvgIpc) is 3.50. The molecule has 1 unspecified atom stereocenters. The van der Waals surface area contributed by atoms with Crippen molar-refractivity contribution in [3.8, 4) is 0 Å². The maximum absolute atomic E-state index is 13.6. The molecule has 1 N–H and O–H groups in total. The molecule has 0 saturated heterocycles. The molecular formula is C41H64N4O2S. The predicted molar refractivity (Wildman–Crippen MR) is 209 cm³/mol. The van der Waals surface area contributed by atoms with Crippen LogP contribution in [0.5, 0.6) is 0 Å². The smallest absolute Gasteiger partial charge is 0.207 e. The normalized spacial score (nSPS) is 15.4. The quantitative estimate of drug-likeness (QED) is 0.126. The molecule has 0 aliphatic heterocycles. The molecule has 1 aliphatic rings. The molecule has 2 aromatic rings. The maximum Gasteiger partial charge on any atom is 0.207 e. The maximum atomic E-state index is 13.6. The number of benzene rings is 1. The summed E-state index contributed by atoms with van der Waals surface area (Å²) in [7, 11) is 0. The number of carbonyl (C=O) groups excluding carboxylic acids is 2. The lowest BCUT2D eigenvalue weighted by molar-refractivity contribution is -0.130. The van der Waals surface area contributed by atoms with E-state index in [-0.39, 0.29) is 26.3 Å². The van der Waals surface area contributed by atoms with Gasteiger partial charge in [0.05, 0.1) is 11.7 Å². The van der Waals surface area contributed by atoms with Gasteiger partial charge in [-0.15, -0.1) is 10.8 Å². The molecule has 3 rings (SSSR count). The van der Waals surface area contributed by atoms with Gasteiger partial charge in [-0.25, -0.2) is 4.68 Å². The van der Waals surface area contributed by atoms with Gasteiger partial charge in [-0.3, -0.25) is 9.59 Å². The summed E-state index contributed by atoms with van der Waals surface area (Å²) < 4.78 is 1.82. The van der Waals surface area contributed by atoms with E-state index in [1.54, 1.807) is 11.8 Å². The van der Waals surface area contributed by atoms with Crippen molar-refractivity contribution in [2.24, 2.45) is 17.3 Å². The summed E-state index contributed by atoms with van der Waals surface area (Å²) in [6.45, 7) is 24.8. The SMILES string of the molecule is C=C=CS/C(=C(/C)CC)c1ccc([C@H](C)NC=O)cc1.CCC[C@H](CCC(CC)C(=O)[C@@H](n1cc(C(C)C)nn1)C(C)(C)C)C1=CC=C1.[HH].[HH]. The van der Waals surface area contributed by atoms with Crippen LogP contribution in [0.2, 0.25) is 0 Å². The van der Waals surface area contributed by atoms with E-state index in [9.17, 15) is 9.59 Å². The molecule has 0 fully saturated rings. The number of thioether (sulfide) groups is 1. The fourth-order valence-electron chi connectivity index (χ4n) is 5.91. The van der Waals surface area contributed by atoms with Crippen LogP contribution in [-0.2, 0) is 9.59 Å². The molecule has 48 heavy (non-hydrogen) atoms. The lowest BCUT2D eigenvalue weighted by atomic mass is 9.76. The Morgan fingerprint density at radius 2 is 1.77 bits per heavy atom. The fraction of sp³-hybridized carbons (Fsp3) is 0.537. The van der Waals surface area contributed by atoms with Crippen molar-refractivity contribution in [3.63, 3.8) is 0 Å². The molecular weight excluding hydrogens is 613 g/mol. The van der Waals surface area contributed by atoms with Gasteiger partial charge in [0.1, 0.15) is 6.04 Å². The highest BCUT2D eigenvalue weighted by Crippen LogP contribution is 2.37. The van der Waals surface area contributed by atoms with Gasteiger partial charge < -0.3 is 5.32 Å². The van der Waals surface area contributed by atoms with Gasteiger partial charge in [0.25, 0.3) is 0 Å². The van der Waals surface area contributed by atoms with Crippen LogP contribution in [0.4, 0.5) is 0 Å². The molecule has 1 aromatic heterocycles. The summed E-state index contributed by atoms with van der Waals surface area (Å²) in [4.78, 5) is 25.3. The molecule has 0 spiro atoms. The summed E-state index contributed by atoms with van der Waals surface area (Å²) in [6, 6.07) is 8.05. The second-order valence-electron chi connectivity index (χ2n) is 14.2. The Kier molecular flexibility index (Phi) is 17.1. The topological polar surface area (TPSA) is 76.9 Å². The van der Waals surface area contributed by atoms with Gasteiger partial charge in [-0.2, -0.15) is 0 Å². The molecule has 266 valence electrons. The molecule has 4 atom stereocenters. The van der Waals surface area contributed by atoms with Crippen LogP contribution in [0, 0.1) is 17.3 Å². The summed E-state index contributed by atoms with van der Waals surface area (Å²) >= 11 is 1.64. The molecule has 1 amide bonds. The number of rotatable bonds is 18. The number of carbonyl (C=O) groups is 2. The van der Waals surface area contributed by atoms with Crippen LogP contribution in [0.15, 0.2) is 77.6 Å². The third-order valence-corrected chi connectivity index (χ3v) is 10.2. The fourth-order valence-corrected chi connectivity index (χ4v) is 6.73. The highest BCUT2D eigenvalue weighted by molar-refractivity contribution is 8.10. The number of nitrogens with one attached hydrogen (secondary N) is 1. The number of Topliss-reactive ketones (excluding diaryl/α,β-unsaturated/α-hetero) is 1. The standard InChI is InChI=1S/C24H39N3O.C17H21NOS.2H2/c1-8-11-19(20-12-10-13-20)15-14-18(9-2)22(28)23(24(5,6)7)27-16-21(17(3)4)25-26-27;1-5-11-20-17(13(3)6-2)16-9-7-15(8-10-16)14(4)18-12-19;;/h10,12-13,16-19,23H,8-9,11,14-15H2,1-7H3;7-12,14H,1,6H2,2-4H3,(H,18,19);2*1H/b;17-13-;;/t18?,19-,23-;14-;;/m10../s1. The number of amides is 1. The molecule has 1 aromatic carbocycles. The van der Waals surface area contributed by atoms with Crippen molar-refractivity contribution in [2.75, 3.05) is 0 Å². The monoisotopic (exact) mass is 676 g/mol. The van der Waals surface area contributed by atoms with E-state index < -0.39 is 0 Å². The van der Waals surface area contributed by atoms with Crippen LogP contribution in [-0.4, -0.2) is 27.2 Å². The zero-order valence-corrected chi connectivity index (χ0v) is 32.0. The minimum Gasteiger partial charge on any atom is -0.352 e. The lowest BCUT2D eigenvalue weighted by Gasteiger charge is -2.32. The van der Waals surface area contributed by atoms with Gasteiger partial charge in [0.15, 0.2) is 5.78 Å². The number of hydrogen-bond donors (Lipinski definition) is 1. The van der Waals surface area contributed by atoms with Crippen LogP contribution in [0.25, 0.3) is 4.91 Å². The van der Waals surface area contributed by atoms with E-state index in [2.05, 4.69) is 133 Å². The Morgan fingerprint density at radius 1 is 1.10 bits per heavy atom. The Labute approximate surface area is 298 Å². The molecule has 1 aliphatic carbocycles. The van der Waals surface area contributed by atoms with E-state index in [0.29, 0.717) is 17.6 Å². The van der Waals surface area contributed by atoms with E-state index in [1.807, 2.05) is 23.2 Å². The first-order valence-electron chi connectivity index (χ1n) is 17.7. The van der Waals surface area contributed by atoms with E-state index in [4.69, 9.17) is 0 Å². The Bertz CT molecular complexity index is 1460. The first kappa shape index (κ1) is 40.8. The minimum absolute atomic E-state index is 0. The number of nitrogens with zero attached hydrogens (tertiary/aromatic N) is 3. The van der Waals surface area contributed by atoms with Crippen molar-refractivity contribution < 1.29 is 12.4 Å². The lowest BCUT2D eigenvalue weighted by Crippen LogP contribution is -2.36. The van der Waals surface area contributed by atoms with Gasteiger partial charge in [0.2, 0.25) is 6.41 Å². The highest BCUT2D eigenvalue weighted by Gasteiger charge is 2.37. The summed E-state index contributed by atoms with van der Waals surface area (Å²) in [5, 5.41) is 13.3. The van der Waals surface area contributed by atoms with E-state index >= 15 is 0 Å².